The summed E-state index contributed by atoms with van der Waals surface area (Å²) in [4.78, 5) is 2.54. The van der Waals surface area contributed by atoms with Crippen LogP contribution in [0.2, 0.25) is 0 Å². The van der Waals surface area contributed by atoms with E-state index in [9.17, 15) is 0 Å². The predicted molar refractivity (Wildman–Crippen MR) is 79.8 cm³/mol. The van der Waals surface area contributed by atoms with Gasteiger partial charge in [-0.05, 0) is 31.1 Å². The zero-order chi connectivity index (χ0) is 12.6. The average molecular weight is 312 g/mol. The molecule has 0 amide bonds. The lowest BCUT2D eigenvalue weighted by Gasteiger charge is -2.27. The molecule has 1 fully saturated rings. The van der Waals surface area contributed by atoms with Crippen molar-refractivity contribution in [2.75, 3.05) is 39.3 Å². The molecule has 1 saturated heterocycles. The summed E-state index contributed by atoms with van der Waals surface area (Å²) in [6.45, 7) is 7.93. The number of hydrogen-bond donors (Lipinski definition) is 2. The van der Waals surface area contributed by atoms with Crippen molar-refractivity contribution in [3.05, 3.63) is 34.3 Å². The van der Waals surface area contributed by atoms with E-state index in [1.165, 1.54) is 36.1 Å². The minimum atomic E-state index is 0.947. The van der Waals surface area contributed by atoms with Gasteiger partial charge in [0.25, 0.3) is 0 Å². The molecule has 0 bridgehead atoms. The van der Waals surface area contributed by atoms with Crippen molar-refractivity contribution in [3.8, 4) is 0 Å². The lowest BCUT2D eigenvalue weighted by Crippen LogP contribution is -2.44. The maximum absolute atomic E-state index is 3.57. The Morgan fingerprint density at radius 1 is 1.22 bits per heavy atom. The second-order valence-electron chi connectivity index (χ2n) is 4.71. The van der Waals surface area contributed by atoms with Crippen LogP contribution in [0.3, 0.4) is 0 Å². The Morgan fingerprint density at radius 3 is 2.78 bits per heavy atom. The van der Waals surface area contributed by atoms with Gasteiger partial charge in [0.2, 0.25) is 0 Å². The first-order valence-electron chi connectivity index (χ1n) is 6.73. The van der Waals surface area contributed by atoms with E-state index in [0.29, 0.717) is 0 Å². The van der Waals surface area contributed by atoms with E-state index in [1.54, 1.807) is 0 Å². The lowest BCUT2D eigenvalue weighted by atomic mass is 10.2. The lowest BCUT2D eigenvalue weighted by molar-refractivity contribution is 0.237. The highest BCUT2D eigenvalue weighted by atomic mass is 79.9. The third-order valence-electron chi connectivity index (χ3n) is 3.31. The first-order valence-corrected chi connectivity index (χ1v) is 7.53. The molecule has 0 aliphatic carbocycles. The molecule has 4 heteroatoms. The summed E-state index contributed by atoms with van der Waals surface area (Å²) >= 11 is 3.57. The second kappa shape index (κ2) is 7.89. The van der Waals surface area contributed by atoms with E-state index in [1.807, 2.05) is 0 Å². The normalized spacial score (nSPS) is 16.9. The summed E-state index contributed by atoms with van der Waals surface area (Å²) < 4.78 is 1.19. The summed E-state index contributed by atoms with van der Waals surface area (Å²) in [5.41, 5.74) is 1.33. The van der Waals surface area contributed by atoms with Gasteiger partial charge < -0.3 is 15.5 Å². The van der Waals surface area contributed by atoms with Gasteiger partial charge in [-0.15, -0.1) is 0 Å². The predicted octanol–water partition coefficient (Wildman–Crippen LogP) is 1.83. The Labute approximate surface area is 118 Å². The topological polar surface area (TPSA) is 27.3 Å². The first-order chi connectivity index (χ1) is 8.86. The van der Waals surface area contributed by atoms with Crippen molar-refractivity contribution in [3.63, 3.8) is 0 Å². The summed E-state index contributed by atoms with van der Waals surface area (Å²) in [5.74, 6) is 0. The fraction of sp³-hybridized carbons (Fsp3) is 0.571. The summed E-state index contributed by atoms with van der Waals surface area (Å²) in [6, 6.07) is 8.39. The first kappa shape index (κ1) is 14.0. The highest BCUT2D eigenvalue weighted by Gasteiger charge is 2.07. The molecule has 1 heterocycles. The van der Waals surface area contributed by atoms with Crippen molar-refractivity contribution in [2.24, 2.45) is 0 Å². The molecule has 1 aromatic rings. The van der Waals surface area contributed by atoms with Crippen LogP contribution in [-0.2, 0) is 6.54 Å². The Hall–Kier alpha value is -0.420. The number of hydrogen-bond acceptors (Lipinski definition) is 3. The van der Waals surface area contributed by atoms with Crippen LogP contribution >= 0.6 is 15.9 Å². The van der Waals surface area contributed by atoms with Crippen LogP contribution in [0, 0.1) is 0 Å². The molecule has 0 atom stereocenters. The zero-order valence-electron chi connectivity index (χ0n) is 10.8. The minimum Gasteiger partial charge on any atom is -0.314 e. The molecule has 2 rings (SSSR count). The Balaban J connectivity index is 1.57. The van der Waals surface area contributed by atoms with Gasteiger partial charge in [-0.2, -0.15) is 0 Å². The molecule has 2 N–H and O–H groups in total. The average Bonchev–Trinajstić information content (AvgIpc) is 2.42. The van der Waals surface area contributed by atoms with Crippen LogP contribution in [0.5, 0.6) is 0 Å². The number of piperazine rings is 1. The second-order valence-corrected chi connectivity index (χ2v) is 5.57. The molecule has 18 heavy (non-hydrogen) atoms. The molecule has 3 nitrogen and oxygen atoms in total. The molecular formula is C14H22BrN3. The van der Waals surface area contributed by atoms with Gasteiger partial charge in [0.05, 0.1) is 0 Å². The summed E-state index contributed by atoms with van der Waals surface area (Å²) in [5, 5.41) is 6.89. The van der Waals surface area contributed by atoms with Crippen LogP contribution in [0.25, 0.3) is 0 Å². The molecule has 0 spiro atoms. The third-order valence-corrected chi connectivity index (χ3v) is 4.08. The van der Waals surface area contributed by atoms with Gasteiger partial charge in [0.1, 0.15) is 0 Å². The monoisotopic (exact) mass is 311 g/mol. The van der Waals surface area contributed by atoms with Crippen LogP contribution in [0.4, 0.5) is 0 Å². The molecule has 1 aliphatic heterocycles. The molecule has 1 aliphatic rings. The van der Waals surface area contributed by atoms with Crippen LogP contribution < -0.4 is 10.6 Å². The molecule has 100 valence electrons. The molecule has 1 aromatic carbocycles. The van der Waals surface area contributed by atoms with Crippen LogP contribution in [0.15, 0.2) is 28.7 Å². The van der Waals surface area contributed by atoms with Gasteiger partial charge in [0, 0.05) is 37.2 Å². The van der Waals surface area contributed by atoms with E-state index in [0.717, 1.165) is 26.2 Å². The van der Waals surface area contributed by atoms with Crippen molar-refractivity contribution >= 4 is 15.9 Å². The number of rotatable bonds is 6. The van der Waals surface area contributed by atoms with Gasteiger partial charge in [-0.25, -0.2) is 0 Å². The fourth-order valence-electron chi connectivity index (χ4n) is 2.23. The summed E-state index contributed by atoms with van der Waals surface area (Å²) in [6.07, 6.45) is 1.23. The van der Waals surface area contributed by atoms with Crippen LogP contribution in [0.1, 0.15) is 12.0 Å². The maximum Gasteiger partial charge on any atom is 0.0220 e. The largest absolute Gasteiger partial charge is 0.314 e. The number of nitrogens with zero attached hydrogens (tertiary/aromatic N) is 1. The van der Waals surface area contributed by atoms with E-state index < -0.39 is 0 Å². The standard InChI is InChI=1S/C14H22BrN3/c15-14-5-2-1-4-13(14)12-17-6-3-9-18-10-7-16-8-11-18/h1-2,4-5,16-17H,3,6-12H2. The van der Waals surface area contributed by atoms with E-state index >= 15 is 0 Å². The zero-order valence-corrected chi connectivity index (χ0v) is 12.4. The van der Waals surface area contributed by atoms with Gasteiger partial charge in [0.15, 0.2) is 0 Å². The van der Waals surface area contributed by atoms with Crippen LogP contribution in [-0.4, -0.2) is 44.2 Å². The maximum atomic E-state index is 3.57. The smallest absolute Gasteiger partial charge is 0.0220 e. The Bertz CT molecular complexity index is 351. The van der Waals surface area contributed by atoms with Gasteiger partial charge in [-0.1, -0.05) is 34.1 Å². The molecule has 0 aromatic heterocycles. The molecular weight excluding hydrogens is 290 g/mol. The van der Waals surface area contributed by atoms with Crippen molar-refractivity contribution in [1.29, 1.82) is 0 Å². The van der Waals surface area contributed by atoms with Crippen molar-refractivity contribution in [2.45, 2.75) is 13.0 Å². The van der Waals surface area contributed by atoms with Gasteiger partial charge in [-0.3, -0.25) is 0 Å². The minimum absolute atomic E-state index is 0.947. The van der Waals surface area contributed by atoms with Crippen molar-refractivity contribution < 1.29 is 0 Å². The fourth-order valence-corrected chi connectivity index (χ4v) is 2.65. The van der Waals surface area contributed by atoms with E-state index in [2.05, 4.69) is 55.7 Å². The van der Waals surface area contributed by atoms with E-state index in [4.69, 9.17) is 0 Å². The number of benzene rings is 1. The third kappa shape index (κ3) is 4.69. The van der Waals surface area contributed by atoms with Crippen molar-refractivity contribution in [1.82, 2.24) is 15.5 Å². The highest BCUT2D eigenvalue weighted by Crippen LogP contribution is 2.15. The Kier molecular flexibility index (Phi) is 6.14. The Morgan fingerprint density at radius 2 is 2.00 bits per heavy atom. The number of nitrogens with one attached hydrogen (secondary N) is 2. The van der Waals surface area contributed by atoms with E-state index in [-0.39, 0.29) is 0 Å². The number of halogens is 1. The molecule has 0 unspecified atom stereocenters. The molecule has 0 saturated carbocycles. The quantitative estimate of drug-likeness (QED) is 0.785. The SMILES string of the molecule is Brc1ccccc1CNCCCN1CCNCC1. The van der Waals surface area contributed by atoms with Gasteiger partial charge >= 0.3 is 0 Å². The summed E-state index contributed by atoms with van der Waals surface area (Å²) in [7, 11) is 0. The molecule has 0 radical (unpaired) electrons. The highest BCUT2D eigenvalue weighted by molar-refractivity contribution is 9.10.